The van der Waals surface area contributed by atoms with Crippen LogP contribution < -0.4 is 5.32 Å². The summed E-state index contributed by atoms with van der Waals surface area (Å²) in [5.41, 5.74) is 1.96. The number of carbonyl (C=O) groups excluding carboxylic acids is 1. The number of piperidine rings is 1. The van der Waals surface area contributed by atoms with Gasteiger partial charge in [0.2, 0.25) is 0 Å². The van der Waals surface area contributed by atoms with Gasteiger partial charge in [0.05, 0.1) is 6.04 Å². The standard InChI is InChI=1S/C18H26N2O2/c1-12-5-7-14(8-6-12)19-15-9-13-10-16(15)20(11-13)17(21)22-18(2,3)4/h5-8,13,15-16,19H,9-11H2,1-4H3/t13-,15?,16-/m0/s1. The number of nitrogens with zero attached hydrogens (tertiary/aromatic N) is 1. The second-order valence-electron chi connectivity index (χ2n) is 7.65. The molecule has 2 bridgehead atoms. The zero-order chi connectivity index (χ0) is 15.9. The Morgan fingerprint density at radius 2 is 1.91 bits per heavy atom. The third kappa shape index (κ3) is 3.21. The van der Waals surface area contributed by atoms with E-state index >= 15 is 0 Å². The molecule has 4 heteroatoms. The van der Waals surface area contributed by atoms with Gasteiger partial charge in [-0.15, -0.1) is 0 Å². The van der Waals surface area contributed by atoms with Crippen LogP contribution in [0.4, 0.5) is 10.5 Å². The highest BCUT2D eigenvalue weighted by Gasteiger charge is 2.48. The topological polar surface area (TPSA) is 41.6 Å². The maximum absolute atomic E-state index is 12.4. The van der Waals surface area contributed by atoms with E-state index in [4.69, 9.17) is 4.74 Å². The molecule has 2 fully saturated rings. The van der Waals surface area contributed by atoms with Gasteiger partial charge in [-0.1, -0.05) is 17.7 Å². The Balaban J connectivity index is 1.66. The normalized spacial score (nSPS) is 27.1. The smallest absolute Gasteiger partial charge is 0.410 e. The Bertz CT molecular complexity index is 547. The van der Waals surface area contributed by atoms with Gasteiger partial charge in [-0.3, -0.25) is 0 Å². The number of rotatable bonds is 2. The zero-order valence-corrected chi connectivity index (χ0v) is 13.9. The number of fused-ring (bicyclic) bond motifs is 2. The number of hydrogen-bond donors (Lipinski definition) is 1. The second kappa shape index (κ2) is 5.49. The molecule has 1 saturated heterocycles. The fourth-order valence-electron chi connectivity index (χ4n) is 3.57. The zero-order valence-electron chi connectivity index (χ0n) is 13.9. The predicted molar refractivity (Wildman–Crippen MR) is 88.0 cm³/mol. The van der Waals surface area contributed by atoms with Gasteiger partial charge < -0.3 is 15.0 Å². The highest BCUT2D eigenvalue weighted by atomic mass is 16.6. The highest BCUT2D eigenvalue weighted by molar-refractivity contribution is 5.69. The van der Waals surface area contributed by atoms with Crippen LogP contribution in [-0.2, 0) is 4.74 Å². The number of benzene rings is 1. The molecular formula is C18H26N2O2. The molecule has 1 saturated carbocycles. The molecule has 1 unspecified atom stereocenters. The number of ether oxygens (including phenoxy) is 1. The fraction of sp³-hybridized carbons (Fsp3) is 0.611. The van der Waals surface area contributed by atoms with Crippen molar-refractivity contribution in [3.63, 3.8) is 0 Å². The molecule has 120 valence electrons. The van der Waals surface area contributed by atoms with Crippen LogP contribution in [0.2, 0.25) is 0 Å². The number of hydrogen-bond acceptors (Lipinski definition) is 3. The summed E-state index contributed by atoms with van der Waals surface area (Å²) in [6, 6.07) is 9.02. The van der Waals surface area contributed by atoms with Crippen molar-refractivity contribution in [2.75, 3.05) is 11.9 Å². The molecule has 3 atom stereocenters. The number of amides is 1. The molecule has 4 nitrogen and oxygen atoms in total. The summed E-state index contributed by atoms with van der Waals surface area (Å²) in [6.07, 6.45) is 2.05. The number of likely N-dealkylation sites (tertiary alicyclic amines) is 1. The summed E-state index contributed by atoms with van der Waals surface area (Å²) in [5.74, 6) is 0.598. The monoisotopic (exact) mass is 302 g/mol. The third-order valence-corrected chi connectivity index (χ3v) is 4.51. The van der Waals surface area contributed by atoms with Crippen molar-refractivity contribution in [1.82, 2.24) is 4.90 Å². The maximum Gasteiger partial charge on any atom is 0.410 e. The molecule has 1 N–H and O–H groups in total. The van der Waals surface area contributed by atoms with Crippen molar-refractivity contribution in [2.45, 2.75) is 58.2 Å². The molecule has 3 rings (SSSR count). The van der Waals surface area contributed by atoms with Gasteiger partial charge in [0.1, 0.15) is 5.60 Å². The Morgan fingerprint density at radius 3 is 2.50 bits per heavy atom. The van der Waals surface area contributed by atoms with E-state index in [9.17, 15) is 4.79 Å². The van der Waals surface area contributed by atoms with Crippen LogP contribution >= 0.6 is 0 Å². The minimum absolute atomic E-state index is 0.171. The number of aryl methyl sites for hydroxylation is 1. The Hall–Kier alpha value is -1.71. The summed E-state index contributed by atoms with van der Waals surface area (Å²) in [4.78, 5) is 14.3. The minimum atomic E-state index is -0.432. The van der Waals surface area contributed by atoms with E-state index in [1.54, 1.807) is 0 Å². The van der Waals surface area contributed by atoms with E-state index in [1.807, 2.05) is 25.7 Å². The lowest BCUT2D eigenvalue weighted by molar-refractivity contribution is 0.0180. The second-order valence-corrected chi connectivity index (χ2v) is 7.65. The molecule has 1 amide bonds. The van der Waals surface area contributed by atoms with Crippen LogP contribution in [-0.4, -0.2) is 35.2 Å². The van der Waals surface area contributed by atoms with Gasteiger partial charge in [-0.25, -0.2) is 4.79 Å². The summed E-state index contributed by atoms with van der Waals surface area (Å²) in [7, 11) is 0. The Morgan fingerprint density at radius 1 is 1.23 bits per heavy atom. The first-order valence-corrected chi connectivity index (χ1v) is 8.15. The van der Waals surface area contributed by atoms with Crippen molar-refractivity contribution >= 4 is 11.8 Å². The average Bonchev–Trinajstić information content (AvgIpc) is 2.99. The molecule has 0 radical (unpaired) electrons. The van der Waals surface area contributed by atoms with Crippen molar-refractivity contribution in [3.8, 4) is 0 Å². The van der Waals surface area contributed by atoms with Crippen LogP contribution in [0.15, 0.2) is 24.3 Å². The lowest BCUT2D eigenvalue weighted by Crippen LogP contribution is -2.49. The molecule has 1 heterocycles. The lowest BCUT2D eigenvalue weighted by Gasteiger charge is -2.35. The Kier molecular flexibility index (Phi) is 3.79. The summed E-state index contributed by atoms with van der Waals surface area (Å²) in [5, 5.41) is 3.60. The largest absolute Gasteiger partial charge is 0.444 e. The van der Waals surface area contributed by atoms with E-state index in [2.05, 4.69) is 36.5 Å². The van der Waals surface area contributed by atoms with Gasteiger partial charge in [0.15, 0.2) is 0 Å². The lowest BCUT2D eigenvalue weighted by atomic mass is 10.1. The molecule has 0 aromatic heterocycles. The summed E-state index contributed by atoms with van der Waals surface area (Å²) < 4.78 is 5.55. The van der Waals surface area contributed by atoms with Gasteiger partial charge >= 0.3 is 6.09 Å². The molecule has 22 heavy (non-hydrogen) atoms. The quantitative estimate of drug-likeness (QED) is 0.903. The molecular weight excluding hydrogens is 276 g/mol. The van der Waals surface area contributed by atoms with Crippen molar-refractivity contribution in [3.05, 3.63) is 29.8 Å². The molecule has 1 aromatic rings. The fourth-order valence-corrected chi connectivity index (χ4v) is 3.57. The number of nitrogens with one attached hydrogen (secondary N) is 1. The van der Waals surface area contributed by atoms with Gasteiger partial charge in [0, 0.05) is 18.3 Å². The van der Waals surface area contributed by atoms with Crippen LogP contribution in [0.1, 0.15) is 39.2 Å². The van der Waals surface area contributed by atoms with Crippen LogP contribution in [0.3, 0.4) is 0 Å². The van der Waals surface area contributed by atoms with Gasteiger partial charge in [-0.05, 0) is 58.6 Å². The Labute approximate surface area is 132 Å². The summed E-state index contributed by atoms with van der Waals surface area (Å²) in [6.45, 7) is 8.68. The SMILES string of the molecule is Cc1ccc(NC2C[C@H]3C[C@@H]2N(C(=O)OC(C)(C)C)C3)cc1. The molecule has 1 aliphatic carbocycles. The van der Waals surface area contributed by atoms with E-state index in [0.29, 0.717) is 12.0 Å². The first-order chi connectivity index (χ1) is 10.3. The van der Waals surface area contributed by atoms with Crippen LogP contribution in [0.5, 0.6) is 0 Å². The molecule has 2 aliphatic rings. The summed E-state index contributed by atoms with van der Waals surface area (Å²) >= 11 is 0. The van der Waals surface area contributed by atoms with Crippen molar-refractivity contribution in [2.24, 2.45) is 5.92 Å². The number of carbonyl (C=O) groups is 1. The first kappa shape index (κ1) is 15.2. The van der Waals surface area contributed by atoms with Gasteiger partial charge in [0.25, 0.3) is 0 Å². The molecule has 0 spiro atoms. The van der Waals surface area contributed by atoms with Crippen LogP contribution in [0, 0.1) is 12.8 Å². The van der Waals surface area contributed by atoms with Crippen LogP contribution in [0.25, 0.3) is 0 Å². The van der Waals surface area contributed by atoms with Gasteiger partial charge in [-0.2, -0.15) is 0 Å². The van der Waals surface area contributed by atoms with E-state index in [0.717, 1.165) is 25.1 Å². The first-order valence-electron chi connectivity index (χ1n) is 8.15. The van der Waals surface area contributed by atoms with E-state index in [1.165, 1.54) is 5.56 Å². The van der Waals surface area contributed by atoms with Crippen molar-refractivity contribution in [1.29, 1.82) is 0 Å². The third-order valence-electron chi connectivity index (χ3n) is 4.51. The van der Waals surface area contributed by atoms with E-state index < -0.39 is 5.60 Å². The average molecular weight is 302 g/mol. The molecule has 1 aliphatic heterocycles. The predicted octanol–water partition coefficient (Wildman–Crippen LogP) is 3.80. The van der Waals surface area contributed by atoms with E-state index in [-0.39, 0.29) is 12.1 Å². The molecule has 1 aromatic carbocycles. The highest BCUT2D eigenvalue weighted by Crippen LogP contribution is 2.39. The maximum atomic E-state index is 12.4. The number of anilines is 1. The van der Waals surface area contributed by atoms with Crippen molar-refractivity contribution < 1.29 is 9.53 Å². The minimum Gasteiger partial charge on any atom is -0.444 e.